The number of hydrogen-bond acceptors (Lipinski definition) is 3. The lowest BCUT2D eigenvalue weighted by Gasteiger charge is -2.24. The first-order valence-electron chi connectivity index (χ1n) is 2.52. The maximum atomic E-state index is 10.4. The van der Waals surface area contributed by atoms with Crippen molar-refractivity contribution in [3.05, 3.63) is 0 Å². The van der Waals surface area contributed by atoms with Crippen LogP contribution < -0.4 is 10.8 Å². The predicted octanol–water partition coefficient (Wildman–Crippen LogP) is -1.15. The average molecular weight is 116 g/mol. The van der Waals surface area contributed by atoms with Gasteiger partial charge in [-0.2, -0.15) is 0 Å². The molecule has 4 heteroatoms. The molecule has 1 fully saturated rings. The van der Waals surface area contributed by atoms with Crippen molar-refractivity contribution in [3.63, 3.8) is 0 Å². The topological polar surface area (TPSA) is 61.4 Å². The summed E-state index contributed by atoms with van der Waals surface area (Å²) in [6.45, 7) is 0.873. The normalized spacial score (nSPS) is 26.4. The van der Waals surface area contributed by atoms with Crippen molar-refractivity contribution in [1.82, 2.24) is 10.8 Å². The van der Waals surface area contributed by atoms with Crippen LogP contribution in [-0.2, 0) is 4.79 Å². The van der Waals surface area contributed by atoms with Crippen molar-refractivity contribution in [2.45, 2.75) is 12.5 Å². The molecule has 0 unspecified atom stereocenters. The molecule has 0 aliphatic carbocycles. The van der Waals surface area contributed by atoms with Crippen LogP contribution in [0.15, 0.2) is 0 Å². The molecule has 0 aromatic rings. The highest BCUT2D eigenvalue weighted by Crippen LogP contribution is 1.99. The van der Waals surface area contributed by atoms with Crippen LogP contribution >= 0.6 is 0 Å². The minimum absolute atomic E-state index is 0.153. The molecule has 1 atom stereocenters. The number of nitrogens with one attached hydrogen (secondary N) is 2. The van der Waals surface area contributed by atoms with Crippen LogP contribution in [0.4, 0.5) is 0 Å². The van der Waals surface area contributed by atoms with Gasteiger partial charge >= 0.3 is 0 Å². The third-order valence-electron chi connectivity index (χ3n) is 1.25. The van der Waals surface area contributed by atoms with Gasteiger partial charge in [-0.1, -0.05) is 0 Å². The molecule has 1 rings (SSSR count). The smallest absolute Gasteiger partial charge is 0.260 e. The summed E-state index contributed by atoms with van der Waals surface area (Å²) in [7, 11) is 0. The van der Waals surface area contributed by atoms with E-state index in [9.17, 15) is 4.79 Å². The summed E-state index contributed by atoms with van der Waals surface area (Å²) < 4.78 is 0. The Hall–Kier alpha value is -0.610. The molecular formula is C4H8N2O2. The molecule has 4 nitrogen and oxygen atoms in total. The fourth-order valence-corrected chi connectivity index (χ4v) is 0.590. The monoisotopic (exact) mass is 116 g/mol. The van der Waals surface area contributed by atoms with Crippen LogP contribution in [-0.4, -0.2) is 23.7 Å². The molecular weight excluding hydrogens is 108 g/mol. The third kappa shape index (κ3) is 0.801. The zero-order chi connectivity index (χ0) is 5.98. The van der Waals surface area contributed by atoms with Crippen molar-refractivity contribution in [3.8, 4) is 0 Å². The number of carbonyl (C=O) groups excluding carboxylic acids is 1. The van der Waals surface area contributed by atoms with E-state index in [1.807, 2.05) is 0 Å². The van der Waals surface area contributed by atoms with Gasteiger partial charge in [-0.05, 0) is 13.0 Å². The van der Waals surface area contributed by atoms with E-state index in [0.717, 1.165) is 13.0 Å². The Labute approximate surface area is 46.8 Å². The van der Waals surface area contributed by atoms with Crippen molar-refractivity contribution < 1.29 is 10.0 Å². The Morgan fingerprint density at radius 1 is 1.88 bits per heavy atom. The number of amides is 1. The van der Waals surface area contributed by atoms with Gasteiger partial charge in [-0.3, -0.25) is 10.0 Å². The second kappa shape index (κ2) is 2.11. The van der Waals surface area contributed by atoms with Gasteiger partial charge in [-0.25, -0.2) is 5.48 Å². The van der Waals surface area contributed by atoms with Crippen molar-refractivity contribution in [2.24, 2.45) is 0 Å². The van der Waals surface area contributed by atoms with Crippen LogP contribution in [0, 0.1) is 0 Å². The average Bonchev–Trinajstić information content (AvgIpc) is 1.62. The first kappa shape index (κ1) is 5.53. The molecule has 0 radical (unpaired) electrons. The Bertz CT molecular complexity index is 100. The molecule has 1 aliphatic rings. The largest absolute Gasteiger partial charge is 0.306 e. The van der Waals surface area contributed by atoms with E-state index in [1.54, 1.807) is 5.48 Å². The van der Waals surface area contributed by atoms with Gasteiger partial charge in [0.1, 0.15) is 0 Å². The summed E-state index contributed by atoms with van der Waals surface area (Å²) in [6.07, 6.45) is 0.826. The summed E-state index contributed by atoms with van der Waals surface area (Å²) in [5.41, 5.74) is 1.57. The Kier molecular flexibility index (Phi) is 1.45. The Morgan fingerprint density at radius 2 is 2.50 bits per heavy atom. The maximum absolute atomic E-state index is 10.4. The fraction of sp³-hybridized carbons (Fsp3) is 0.750. The summed E-state index contributed by atoms with van der Waals surface area (Å²) in [6, 6.07) is -0.153. The highest BCUT2D eigenvalue weighted by molar-refractivity contribution is 5.81. The van der Waals surface area contributed by atoms with E-state index in [4.69, 9.17) is 5.21 Å². The van der Waals surface area contributed by atoms with Crippen LogP contribution in [0.2, 0.25) is 0 Å². The van der Waals surface area contributed by atoms with E-state index < -0.39 is 0 Å². The van der Waals surface area contributed by atoms with E-state index in [-0.39, 0.29) is 11.9 Å². The summed E-state index contributed by atoms with van der Waals surface area (Å²) in [5, 5.41) is 10.9. The summed E-state index contributed by atoms with van der Waals surface area (Å²) >= 11 is 0. The molecule has 1 saturated heterocycles. The first-order chi connectivity index (χ1) is 3.84. The predicted molar refractivity (Wildman–Crippen MR) is 26.3 cm³/mol. The van der Waals surface area contributed by atoms with Crippen molar-refractivity contribution in [1.29, 1.82) is 0 Å². The lowest BCUT2D eigenvalue weighted by molar-refractivity contribution is -0.133. The van der Waals surface area contributed by atoms with Gasteiger partial charge in [0.25, 0.3) is 5.91 Å². The van der Waals surface area contributed by atoms with Crippen LogP contribution in [0.5, 0.6) is 0 Å². The molecule has 1 amide bonds. The molecule has 46 valence electrons. The minimum Gasteiger partial charge on any atom is -0.306 e. The number of rotatable bonds is 1. The van der Waals surface area contributed by atoms with Crippen LogP contribution in [0.25, 0.3) is 0 Å². The molecule has 3 N–H and O–H groups in total. The SMILES string of the molecule is O=C(NO)[C@H]1CCN1. The van der Waals surface area contributed by atoms with E-state index in [1.165, 1.54) is 0 Å². The van der Waals surface area contributed by atoms with Gasteiger partial charge < -0.3 is 5.32 Å². The van der Waals surface area contributed by atoms with Gasteiger partial charge in [0.15, 0.2) is 0 Å². The lowest BCUT2D eigenvalue weighted by atomic mass is 10.1. The van der Waals surface area contributed by atoms with E-state index in [0.29, 0.717) is 0 Å². The first-order valence-corrected chi connectivity index (χ1v) is 2.52. The minimum atomic E-state index is -0.337. The number of hydroxylamine groups is 1. The molecule has 0 spiro atoms. The summed E-state index contributed by atoms with van der Waals surface area (Å²) in [4.78, 5) is 10.4. The van der Waals surface area contributed by atoms with Gasteiger partial charge in [-0.15, -0.1) is 0 Å². The van der Waals surface area contributed by atoms with Crippen molar-refractivity contribution in [2.75, 3.05) is 6.54 Å². The molecule has 0 saturated carbocycles. The second-order valence-electron chi connectivity index (χ2n) is 1.77. The van der Waals surface area contributed by atoms with E-state index >= 15 is 0 Å². The lowest BCUT2D eigenvalue weighted by Crippen LogP contribution is -2.52. The molecule has 8 heavy (non-hydrogen) atoms. The number of carbonyl (C=O) groups is 1. The molecule has 1 heterocycles. The van der Waals surface area contributed by atoms with Gasteiger partial charge in [0.05, 0.1) is 6.04 Å². The summed E-state index contributed by atoms with van der Waals surface area (Å²) in [5.74, 6) is -0.337. The highest BCUT2D eigenvalue weighted by atomic mass is 16.5. The fourth-order valence-electron chi connectivity index (χ4n) is 0.590. The van der Waals surface area contributed by atoms with Crippen LogP contribution in [0.1, 0.15) is 6.42 Å². The third-order valence-corrected chi connectivity index (χ3v) is 1.25. The van der Waals surface area contributed by atoms with Crippen LogP contribution in [0.3, 0.4) is 0 Å². The molecule has 1 aliphatic heterocycles. The highest BCUT2D eigenvalue weighted by Gasteiger charge is 2.23. The van der Waals surface area contributed by atoms with Gasteiger partial charge in [0, 0.05) is 0 Å². The van der Waals surface area contributed by atoms with Gasteiger partial charge in [0.2, 0.25) is 0 Å². The molecule has 0 aromatic heterocycles. The zero-order valence-corrected chi connectivity index (χ0v) is 4.35. The van der Waals surface area contributed by atoms with Crippen molar-refractivity contribution >= 4 is 5.91 Å². The molecule has 0 bridgehead atoms. The quantitative estimate of drug-likeness (QED) is 0.299. The maximum Gasteiger partial charge on any atom is 0.260 e. The van der Waals surface area contributed by atoms with E-state index in [2.05, 4.69) is 5.32 Å². The zero-order valence-electron chi connectivity index (χ0n) is 4.35. The Balaban J connectivity index is 2.24. The Morgan fingerprint density at radius 3 is 2.62 bits per heavy atom. The number of hydrogen-bond donors (Lipinski definition) is 3. The second-order valence-corrected chi connectivity index (χ2v) is 1.77. The standard InChI is InChI=1S/C4H8N2O2/c7-4(6-8)3-1-2-5-3/h3,5,8H,1-2H2,(H,6,7)/t3-/m1/s1. The molecule has 0 aromatic carbocycles.